The second-order valence-corrected chi connectivity index (χ2v) is 11.8. The van der Waals surface area contributed by atoms with E-state index < -0.39 is 18.2 Å². The molecule has 5 N–H and O–H groups in total. The summed E-state index contributed by atoms with van der Waals surface area (Å²) in [6.45, 7) is 2.61. The molecule has 0 fully saturated rings. The zero-order valence-electron chi connectivity index (χ0n) is 23.9. The van der Waals surface area contributed by atoms with Crippen molar-refractivity contribution in [2.24, 2.45) is 0 Å². The van der Waals surface area contributed by atoms with Gasteiger partial charge < -0.3 is 31.1 Å². The highest BCUT2D eigenvalue weighted by Gasteiger charge is 2.24. The average Bonchev–Trinajstić information content (AvgIpc) is 3.13. The molecule has 4 rings (SSSR count). The summed E-state index contributed by atoms with van der Waals surface area (Å²) >= 11 is 1.66. The molecule has 3 aromatic rings. The van der Waals surface area contributed by atoms with Crippen LogP contribution >= 0.6 is 11.8 Å². The van der Waals surface area contributed by atoms with Crippen LogP contribution in [0.3, 0.4) is 0 Å². The molecule has 42 heavy (non-hydrogen) atoms. The van der Waals surface area contributed by atoms with Crippen molar-refractivity contribution in [3.8, 4) is 0 Å². The number of benzene rings is 3. The van der Waals surface area contributed by atoms with E-state index in [0.29, 0.717) is 25.9 Å². The Bertz CT molecular complexity index is 1370. The Kier molecular flexibility index (Phi) is 11.8. The van der Waals surface area contributed by atoms with Gasteiger partial charge in [0.1, 0.15) is 6.04 Å². The summed E-state index contributed by atoms with van der Waals surface area (Å²) in [5, 5.41) is 30.3. The van der Waals surface area contributed by atoms with Crippen LogP contribution in [0.2, 0.25) is 0 Å². The second-order valence-electron chi connectivity index (χ2n) is 10.6. The van der Waals surface area contributed by atoms with E-state index in [1.807, 2.05) is 66.7 Å². The Morgan fingerprint density at radius 2 is 1.74 bits per heavy atom. The lowest BCUT2D eigenvalue weighted by Gasteiger charge is -2.23. The van der Waals surface area contributed by atoms with E-state index in [2.05, 4.69) is 16.0 Å². The number of carbonyl (C=O) groups is 3. The maximum atomic E-state index is 13.2. The summed E-state index contributed by atoms with van der Waals surface area (Å²) in [6, 6.07) is 20.9. The third-order valence-corrected chi connectivity index (χ3v) is 8.12. The van der Waals surface area contributed by atoms with Crippen LogP contribution in [0, 0.1) is 0 Å². The van der Waals surface area contributed by atoms with Gasteiger partial charge in [0.05, 0.1) is 17.9 Å². The van der Waals surface area contributed by atoms with Crippen LogP contribution in [0.25, 0.3) is 10.8 Å². The van der Waals surface area contributed by atoms with E-state index in [0.717, 1.165) is 32.7 Å². The van der Waals surface area contributed by atoms with Crippen LogP contribution in [0.1, 0.15) is 31.7 Å². The predicted octanol–water partition coefficient (Wildman–Crippen LogP) is 2.62. The van der Waals surface area contributed by atoms with Crippen molar-refractivity contribution in [2.45, 2.75) is 55.8 Å². The highest BCUT2D eigenvalue weighted by molar-refractivity contribution is 7.99. The molecule has 0 radical (unpaired) electrons. The van der Waals surface area contributed by atoms with E-state index in [1.165, 1.54) is 0 Å². The highest BCUT2D eigenvalue weighted by atomic mass is 32.2. The molecule has 0 bridgehead atoms. The molecule has 3 amide bonds. The first-order chi connectivity index (χ1) is 20.3. The predicted molar refractivity (Wildman–Crippen MR) is 167 cm³/mol. The number of thioether (sulfide) groups is 1. The van der Waals surface area contributed by atoms with Crippen LogP contribution in [0.4, 0.5) is 5.69 Å². The van der Waals surface area contributed by atoms with Gasteiger partial charge in [-0.3, -0.25) is 14.4 Å². The average molecular weight is 593 g/mol. The number of nitrogens with one attached hydrogen (secondary N) is 3. The van der Waals surface area contributed by atoms with Gasteiger partial charge in [0.25, 0.3) is 0 Å². The fourth-order valence-corrected chi connectivity index (χ4v) is 5.91. The molecule has 1 aliphatic rings. The Morgan fingerprint density at radius 1 is 0.976 bits per heavy atom. The van der Waals surface area contributed by atoms with Crippen LogP contribution in [0.15, 0.2) is 71.6 Å². The minimum atomic E-state index is -0.850. The minimum absolute atomic E-state index is 0.00419. The number of carbonyl (C=O) groups excluding carboxylic acids is 3. The van der Waals surface area contributed by atoms with Gasteiger partial charge >= 0.3 is 0 Å². The molecule has 0 aliphatic carbocycles. The number of amides is 3. The Balaban J connectivity index is 1.37. The monoisotopic (exact) mass is 592 g/mol. The summed E-state index contributed by atoms with van der Waals surface area (Å²) in [5.41, 5.74) is 1.78. The lowest BCUT2D eigenvalue weighted by atomic mass is 10.0. The third-order valence-electron chi connectivity index (χ3n) is 7.05. The van der Waals surface area contributed by atoms with E-state index >= 15 is 0 Å². The van der Waals surface area contributed by atoms with Crippen molar-refractivity contribution in [1.29, 1.82) is 0 Å². The molecule has 3 atom stereocenters. The maximum absolute atomic E-state index is 13.2. The molecular formula is C32H40N4O5S. The molecule has 1 unspecified atom stereocenters. The number of para-hydroxylation sites is 1. The van der Waals surface area contributed by atoms with Gasteiger partial charge in [-0.15, -0.1) is 11.8 Å². The number of aliphatic hydroxyl groups is 2. The van der Waals surface area contributed by atoms with Crippen molar-refractivity contribution in [3.63, 3.8) is 0 Å². The topological polar surface area (TPSA) is 131 Å². The first-order valence-electron chi connectivity index (χ1n) is 14.4. The molecule has 0 spiro atoms. The summed E-state index contributed by atoms with van der Waals surface area (Å²) in [5.74, 6) is 0.103. The van der Waals surface area contributed by atoms with Gasteiger partial charge in [-0.2, -0.15) is 0 Å². The van der Waals surface area contributed by atoms with Crippen molar-refractivity contribution < 1.29 is 24.6 Å². The van der Waals surface area contributed by atoms with Crippen LogP contribution in [-0.2, 0) is 20.8 Å². The zero-order chi connectivity index (χ0) is 29.9. The second kappa shape index (κ2) is 15.7. The van der Waals surface area contributed by atoms with Gasteiger partial charge in [0, 0.05) is 56.1 Å². The molecule has 10 heteroatoms. The summed E-state index contributed by atoms with van der Waals surface area (Å²) < 4.78 is 0. The van der Waals surface area contributed by atoms with Gasteiger partial charge in [-0.1, -0.05) is 54.6 Å². The quantitative estimate of drug-likeness (QED) is 0.195. The molecule has 9 nitrogen and oxygen atoms in total. The Morgan fingerprint density at radius 3 is 2.55 bits per heavy atom. The molecule has 1 aliphatic heterocycles. The highest BCUT2D eigenvalue weighted by Crippen LogP contribution is 2.34. The van der Waals surface area contributed by atoms with Crippen LogP contribution < -0.4 is 20.9 Å². The SMILES string of the molecule is C[C@@H](O)CNCC(O)CNC(=O)[C@@H](Cc1ccc2ccccc2c1)NC(=O)CCCN1C(=O)CCSc2ccccc21. The molecule has 0 saturated heterocycles. The number of nitrogens with zero attached hydrogens (tertiary/aromatic N) is 1. The summed E-state index contributed by atoms with van der Waals surface area (Å²) in [4.78, 5) is 41.9. The van der Waals surface area contributed by atoms with E-state index in [9.17, 15) is 24.6 Å². The molecule has 0 saturated carbocycles. The van der Waals surface area contributed by atoms with Crippen molar-refractivity contribution in [1.82, 2.24) is 16.0 Å². The van der Waals surface area contributed by atoms with Crippen molar-refractivity contribution in [3.05, 3.63) is 72.3 Å². The number of anilines is 1. The van der Waals surface area contributed by atoms with Crippen molar-refractivity contribution >= 4 is 45.9 Å². The van der Waals surface area contributed by atoms with Gasteiger partial charge in [0.2, 0.25) is 17.7 Å². The van der Waals surface area contributed by atoms with Gasteiger partial charge in [0.15, 0.2) is 0 Å². The molecule has 1 heterocycles. The first-order valence-corrected chi connectivity index (χ1v) is 15.4. The normalized spacial score (nSPS) is 15.4. The van der Waals surface area contributed by atoms with Gasteiger partial charge in [-0.25, -0.2) is 0 Å². The standard InChI is InChI=1S/C32H40N4O5S/c1-22(37)19-33-20-26(38)21-34-32(41)27(18-23-12-13-24-7-2-3-8-25(24)17-23)35-30(39)11-6-15-36-28-9-4-5-10-29(28)42-16-14-31(36)40/h2-5,7-10,12-13,17,22,26-27,33,37-38H,6,11,14-16,18-21H2,1H3,(H,34,41)(H,35,39)/t22-,26?,27-/m1/s1. The lowest BCUT2D eigenvalue weighted by molar-refractivity contribution is -0.129. The lowest BCUT2D eigenvalue weighted by Crippen LogP contribution is -2.50. The van der Waals surface area contributed by atoms with E-state index in [1.54, 1.807) is 23.6 Å². The number of aliphatic hydroxyl groups excluding tert-OH is 2. The minimum Gasteiger partial charge on any atom is -0.392 e. The number of rotatable bonds is 14. The van der Waals surface area contributed by atoms with Crippen molar-refractivity contribution in [2.75, 3.05) is 36.8 Å². The van der Waals surface area contributed by atoms with Crippen LogP contribution in [0.5, 0.6) is 0 Å². The zero-order valence-corrected chi connectivity index (χ0v) is 24.7. The smallest absolute Gasteiger partial charge is 0.243 e. The number of fused-ring (bicyclic) bond motifs is 2. The van der Waals surface area contributed by atoms with Gasteiger partial charge in [-0.05, 0) is 41.8 Å². The van der Waals surface area contributed by atoms with E-state index in [4.69, 9.17) is 0 Å². The largest absolute Gasteiger partial charge is 0.392 e. The Hall–Kier alpha value is -3.44. The molecule has 3 aromatic carbocycles. The maximum Gasteiger partial charge on any atom is 0.243 e. The molecule has 224 valence electrons. The number of hydrogen-bond donors (Lipinski definition) is 5. The number of hydrogen-bond acceptors (Lipinski definition) is 7. The molecular weight excluding hydrogens is 552 g/mol. The molecule has 0 aromatic heterocycles. The summed E-state index contributed by atoms with van der Waals surface area (Å²) in [7, 11) is 0. The fraction of sp³-hybridized carbons (Fsp3) is 0.406. The first kappa shape index (κ1) is 31.5. The Labute approximate surface area is 251 Å². The fourth-order valence-electron chi connectivity index (χ4n) is 4.91. The third kappa shape index (κ3) is 9.29. The van der Waals surface area contributed by atoms with E-state index in [-0.39, 0.29) is 43.7 Å². The summed E-state index contributed by atoms with van der Waals surface area (Å²) in [6.07, 6.45) is -0.0500. The van der Waals surface area contributed by atoms with Crippen LogP contribution in [-0.4, -0.2) is 78.1 Å².